The van der Waals surface area contributed by atoms with Gasteiger partial charge in [0.1, 0.15) is 11.4 Å². The van der Waals surface area contributed by atoms with Gasteiger partial charge in [0.2, 0.25) is 6.79 Å². The van der Waals surface area contributed by atoms with Crippen LogP contribution in [-0.2, 0) is 6.54 Å². The highest BCUT2D eigenvalue weighted by Gasteiger charge is 2.16. The molecule has 0 aliphatic carbocycles. The highest BCUT2D eigenvalue weighted by Crippen LogP contribution is 2.34. The van der Waals surface area contributed by atoms with Gasteiger partial charge in [-0.05, 0) is 36.4 Å². The minimum absolute atomic E-state index is 0.128. The Bertz CT molecular complexity index is 1020. The van der Waals surface area contributed by atoms with E-state index >= 15 is 0 Å². The van der Waals surface area contributed by atoms with Gasteiger partial charge in [0.25, 0.3) is 11.8 Å². The van der Waals surface area contributed by atoms with Gasteiger partial charge < -0.3 is 20.1 Å². The van der Waals surface area contributed by atoms with Crippen LogP contribution in [0.3, 0.4) is 0 Å². The van der Waals surface area contributed by atoms with Crippen molar-refractivity contribution in [3.8, 4) is 11.5 Å². The zero-order chi connectivity index (χ0) is 19.3. The van der Waals surface area contributed by atoms with E-state index in [4.69, 9.17) is 9.47 Å². The second-order valence-corrected chi connectivity index (χ2v) is 5.93. The number of ether oxygens (including phenoxy) is 2. The van der Waals surface area contributed by atoms with Crippen LogP contribution in [0.2, 0.25) is 0 Å². The van der Waals surface area contributed by atoms with Crippen LogP contribution in [0.1, 0.15) is 26.7 Å². The summed E-state index contributed by atoms with van der Waals surface area (Å²) in [5.41, 5.74) is 1.55. The molecule has 1 aliphatic rings. The van der Waals surface area contributed by atoms with E-state index in [1.807, 2.05) is 12.1 Å². The average Bonchev–Trinajstić information content (AvgIpc) is 3.21. The summed E-state index contributed by atoms with van der Waals surface area (Å²) in [6, 6.07) is 15.2. The maximum atomic E-state index is 12.5. The number of nitrogens with one attached hydrogen (secondary N) is 2. The van der Waals surface area contributed by atoms with Crippen LogP contribution in [0, 0.1) is 0 Å². The number of rotatable bonds is 5. The van der Waals surface area contributed by atoms with Crippen molar-refractivity contribution in [1.82, 2.24) is 15.3 Å². The number of aromatic nitrogens is 2. The Hall–Kier alpha value is -3.94. The van der Waals surface area contributed by atoms with Crippen molar-refractivity contribution in [3.05, 3.63) is 77.9 Å². The van der Waals surface area contributed by atoms with Crippen molar-refractivity contribution >= 4 is 17.5 Å². The highest BCUT2D eigenvalue weighted by molar-refractivity contribution is 6.04. The lowest BCUT2D eigenvalue weighted by Crippen LogP contribution is -2.25. The van der Waals surface area contributed by atoms with E-state index in [0.717, 1.165) is 5.69 Å². The summed E-state index contributed by atoms with van der Waals surface area (Å²) in [4.78, 5) is 33.1. The summed E-state index contributed by atoms with van der Waals surface area (Å²) in [7, 11) is 0. The standard InChI is InChI=1S/C20H16N4O4/c25-19(22-11-14-4-1-2-9-21-14)15-5-3-6-16(24-15)20(26)23-13-7-8-17-18(10-13)28-12-27-17/h1-10H,11-12H2,(H,22,25)(H,23,26). The molecule has 0 fully saturated rings. The number of benzene rings is 1. The predicted molar refractivity (Wildman–Crippen MR) is 100 cm³/mol. The third kappa shape index (κ3) is 3.90. The van der Waals surface area contributed by atoms with Gasteiger partial charge in [-0.1, -0.05) is 12.1 Å². The average molecular weight is 376 g/mol. The number of carbonyl (C=O) groups excluding carboxylic acids is 2. The van der Waals surface area contributed by atoms with E-state index in [1.165, 1.54) is 6.07 Å². The van der Waals surface area contributed by atoms with Crippen LogP contribution in [0.4, 0.5) is 5.69 Å². The molecule has 3 aromatic rings. The van der Waals surface area contributed by atoms with E-state index in [2.05, 4.69) is 20.6 Å². The summed E-state index contributed by atoms with van der Waals surface area (Å²) < 4.78 is 10.5. The molecule has 8 heteroatoms. The fourth-order valence-corrected chi connectivity index (χ4v) is 2.62. The third-order valence-corrected chi connectivity index (χ3v) is 4.00. The molecule has 2 N–H and O–H groups in total. The minimum Gasteiger partial charge on any atom is -0.454 e. The van der Waals surface area contributed by atoms with E-state index in [0.29, 0.717) is 17.2 Å². The maximum Gasteiger partial charge on any atom is 0.274 e. The molecule has 1 aliphatic heterocycles. The van der Waals surface area contributed by atoms with E-state index in [9.17, 15) is 9.59 Å². The van der Waals surface area contributed by atoms with Crippen LogP contribution >= 0.6 is 0 Å². The lowest BCUT2D eigenvalue weighted by molar-refractivity contribution is 0.0945. The Morgan fingerprint density at radius 1 is 0.929 bits per heavy atom. The first kappa shape index (κ1) is 17.5. The molecule has 0 saturated carbocycles. The number of amides is 2. The second-order valence-electron chi connectivity index (χ2n) is 5.93. The van der Waals surface area contributed by atoms with Gasteiger partial charge in [-0.15, -0.1) is 0 Å². The third-order valence-electron chi connectivity index (χ3n) is 4.00. The highest BCUT2D eigenvalue weighted by atomic mass is 16.7. The van der Waals surface area contributed by atoms with Gasteiger partial charge >= 0.3 is 0 Å². The summed E-state index contributed by atoms with van der Waals surface area (Å²) >= 11 is 0. The zero-order valence-corrected chi connectivity index (χ0v) is 14.7. The summed E-state index contributed by atoms with van der Waals surface area (Å²) in [5, 5.41) is 5.47. The number of pyridine rings is 2. The van der Waals surface area contributed by atoms with Crippen molar-refractivity contribution in [3.63, 3.8) is 0 Å². The number of anilines is 1. The summed E-state index contributed by atoms with van der Waals surface area (Å²) in [6.45, 7) is 0.429. The van der Waals surface area contributed by atoms with Crippen molar-refractivity contribution in [2.45, 2.75) is 6.54 Å². The fourth-order valence-electron chi connectivity index (χ4n) is 2.62. The quantitative estimate of drug-likeness (QED) is 0.709. The van der Waals surface area contributed by atoms with Gasteiger partial charge in [0.05, 0.1) is 12.2 Å². The smallest absolute Gasteiger partial charge is 0.274 e. The van der Waals surface area contributed by atoms with Crippen LogP contribution in [-0.4, -0.2) is 28.6 Å². The normalized spacial score (nSPS) is 11.7. The molecular formula is C20H16N4O4. The minimum atomic E-state index is -0.432. The molecule has 1 aromatic carbocycles. The monoisotopic (exact) mass is 376 g/mol. The first-order valence-corrected chi connectivity index (χ1v) is 8.55. The van der Waals surface area contributed by atoms with Gasteiger partial charge in [-0.2, -0.15) is 0 Å². The number of hydrogen-bond acceptors (Lipinski definition) is 6. The Balaban J connectivity index is 1.42. The SMILES string of the molecule is O=C(NCc1ccccn1)c1cccc(C(=O)Nc2ccc3c(c2)OCO3)n1. The molecule has 0 saturated heterocycles. The lowest BCUT2D eigenvalue weighted by atomic mass is 10.2. The zero-order valence-electron chi connectivity index (χ0n) is 14.7. The van der Waals surface area contributed by atoms with E-state index < -0.39 is 5.91 Å². The van der Waals surface area contributed by atoms with E-state index in [1.54, 1.807) is 42.6 Å². The first-order chi connectivity index (χ1) is 13.7. The van der Waals surface area contributed by atoms with Crippen molar-refractivity contribution in [2.75, 3.05) is 12.1 Å². The molecule has 8 nitrogen and oxygen atoms in total. The van der Waals surface area contributed by atoms with Crippen molar-refractivity contribution in [1.29, 1.82) is 0 Å². The number of fused-ring (bicyclic) bond motifs is 1. The molecule has 0 spiro atoms. The van der Waals surface area contributed by atoms with Crippen molar-refractivity contribution < 1.29 is 19.1 Å². The number of carbonyl (C=O) groups is 2. The molecule has 2 amide bonds. The van der Waals surface area contributed by atoms with Gasteiger partial charge in [-0.3, -0.25) is 14.6 Å². The topological polar surface area (TPSA) is 102 Å². The molecule has 4 rings (SSSR count). The van der Waals surface area contributed by atoms with Crippen LogP contribution in [0.25, 0.3) is 0 Å². The molecule has 0 unspecified atom stereocenters. The first-order valence-electron chi connectivity index (χ1n) is 8.55. The maximum absolute atomic E-state index is 12.5. The lowest BCUT2D eigenvalue weighted by Gasteiger charge is -2.08. The molecule has 0 atom stereocenters. The van der Waals surface area contributed by atoms with Gasteiger partial charge in [0.15, 0.2) is 11.5 Å². The van der Waals surface area contributed by atoms with Crippen LogP contribution in [0.15, 0.2) is 60.8 Å². The molecule has 3 heterocycles. The Kier molecular flexibility index (Phi) is 4.83. The Morgan fingerprint density at radius 3 is 2.57 bits per heavy atom. The summed E-state index contributed by atoms with van der Waals surface area (Å²) in [6.07, 6.45) is 1.65. The van der Waals surface area contributed by atoms with Crippen LogP contribution in [0.5, 0.6) is 11.5 Å². The predicted octanol–water partition coefficient (Wildman–Crippen LogP) is 2.39. The second kappa shape index (κ2) is 7.75. The Morgan fingerprint density at radius 2 is 1.75 bits per heavy atom. The number of hydrogen-bond donors (Lipinski definition) is 2. The molecule has 28 heavy (non-hydrogen) atoms. The molecule has 0 radical (unpaired) electrons. The van der Waals surface area contributed by atoms with Gasteiger partial charge in [0, 0.05) is 18.0 Å². The van der Waals surface area contributed by atoms with Crippen molar-refractivity contribution in [2.24, 2.45) is 0 Å². The van der Waals surface area contributed by atoms with Crippen LogP contribution < -0.4 is 20.1 Å². The largest absolute Gasteiger partial charge is 0.454 e. The van der Waals surface area contributed by atoms with Gasteiger partial charge in [-0.25, -0.2) is 4.98 Å². The molecular weight excluding hydrogens is 360 g/mol. The van der Waals surface area contributed by atoms with E-state index in [-0.39, 0.29) is 30.6 Å². The molecule has 140 valence electrons. The summed E-state index contributed by atoms with van der Waals surface area (Å²) in [5.74, 6) is 0.373. The molecule has 2 aromatic heterocycles. The Labute approximate surface area is 160 Å². The number of nitrogens with zero attached hydrogens (tertiary/aromatic N) is 2. The fraction of sp³-hybridized carbons (Fsp3) is 0.100. The molecule has 0 bridgehead atoms.